The summed E-state index contributed by atoms with van der Waals surface area (Å²) in [5.74, 6) is 2.17. The predicted molar refractivity (Wildman–Crippen MR) is 129 cm³/mol. The Hall–Kier alpha value is -2.84. The molecule has 0 atom stereocenters. The monoisotopic (exact) mass is 471 g/mol. The van der Waals surface area contributed by atoms with Crippen LogP contribution in [0.4, 0.5) is 23.0 Å². The topological polar surface area (TPSA) is 96.0 Å². The fraction of sp³-hybridized carbons (Fsp3) is 0.304. The summed E-state index contributed by atoms with van der Waals surface area (Å²) in [5.41, 5.74) is 1.22. The van der Waals surface area contributed by atoms with Crippen molar-refractivity contribution in [2.75, 3.05) is 15.4 Å². The number of hydrogen-bond acceptors (Lipinski definition) is 6. The zero-order chi connectivity index (χ0) is 22.6. The van der Waals surface area contributed by atoms with Crippen molar-refractivity contribution in [1.82, 2.24) is 9.97 Å². The van der Waals surface area contributed by atoms with Crippen LogP contribution in [0.3, 0.4) is 0 Å². The summed E-state index contributed by atoms with van der Waals surface area (Å²) in [5, 5.41) is 6.96. The Bertz CT molecular complexity index is 1180. The molecule has 1 saturated carbocycles. The summed E-state index contributed by atoms with van der Waals surface area (Å²) < 4.78 is 27.8. The average molecular weight is 472 g/mol. The lowest BCUT2D eigenvalue weighted by Gasteiger charge is -2.23. The van der Waals surface area contributed by atoms with Crippen LogP contribution in [0.2, 0.25) is 5.02 Å². The number of halogens is 1. The van der Waals surface area contributed by atoms with E-state index >= 15 is 0 Å². The summed E-state index contributed by atoms with van der Waals surface area (Å²) in [6, 6.07) is 15.6. The second-order valence-corrected chi connectivity index (χ2v) is 9.96. The van der Waals surface area contributed by atoms with E-state index < -0.39 is 10.0 Å². The highest BCUT2D eigenvalue weighted by molar-refractivity contribution is 7.92. The zero-order valence-electron chi connectivity index (χ0n) is 17.8. The molecule has 1 heterocycles. The number of hydrogen-bond donors (Lipinski definition) is 3. The molecule has 1 aliphatic rings. The quantitative estimate of drug-likeness (QED) is 0.407. The van der Waals surface area contributed by atoms with E-state index in [1.54, 1.807) is 42.5 Å². The molecule has 3 N–H and O–H groups in total. The van der Waals surface area contributed by atoms with Gasteiger partial charge in [0.25, 0.3) is 10.0 Å². The number of anilines is 4. The minimum absolute atomic E-state index is 0.0401. The average Bonchev–Trinajstić information content (AvgIpc) is 2.75. The smallest absolute Gasteiger partial charge is 0.263 e. The molecular weight excluding hydrogens is 446 g/mol. The third-order valence-corrected chi connectivity index (χ3v) is 7.21. The molecule has 9 heteroatoms. The van der Waals surface area contributed by atoms with E-state index in [1.807, 2.05) is 13.0 Å². The van der Waals surface area contributed by atoms with Gasteiger partial charge in [0.1, 0.15) is 22.4 Å². The van der Waals surface area contributed by atoms with Crippen molar-refractivity contribution in [2.24, 2.45) is 0 Å². The molecule has 1 aromatic heterocycles. The van der Waals surface area contributed by atoms with Crippen molar-refractivity contribution in [2.45, 2.75) is 50.0 Å². The highest BCUT2D eigenvalue weighted by Gasteiger charge is 2.17. The van der Waals surface area contributed by atoms with Gasteiger partial charge >= 0.3 is 0 Å². The molecule has 0 radical (unpaired) electrons. The lowest BCUT2D eigenvalue weighted by atomic mass is 9.95. The van der Waals surface area contributed by atoms with Gasteiger partial charge in [0.15, 0.2) is 0 Å². The molecule has 0 bridgehead atoms. The Morgan fingerprint density at radius 3 is 2.28 bits per heavy atom. The molecule has 0 unspecified atom stereocenters. The second-order valence-electron chi connectivity index (χ2n) is 7.90. The molecule has 0 aliphatic heterocycles. The maximum Gasteiger partial charge on any atom is 0.263 e. The van der Waals surface area contributed by atoms with Gasteiger partial charge in [-0.1, -0.05) is 43.0 Å². The van der Waals surface area contributed by atoms with Gasteiger partial charge in [-0.3, -0.25) is 4.72 Å². The summed E-state index contributed by atoms with van der Waals surface area (Å²) >= 11 is 6.03. The number of nitrogens with one attached hydrogen (secondary N) is 3. The van der Waals surface area contributed by atoms with Gasteiger partial charge in [0.2, 0.25) is 0 Å². The van der Waals surface area contributed by atoms with Gasteiger partial charge < -0.3 is 10.6 Å². The van der Waals surface area contributed by atoms with Crippen LogP contribution in [0.1, 0.15) is 37.9 Å². The molecule has 0 spiro atoms. The van der Waals surface area contributed by atoms with Crippen molar-refractivity contribution in [3.05, 3.63) is 65.4 Å². The van der Waals surface area contributed by atoms with E-state index in [2.05, 4.69) is 25.3 Å². The summed E-state index contributed by atoms with van der Waals surface area (Å²) in [4.78, 5) is 9.02. The van der Waals surface area contributed by atoms with Crippen LogP contribution in [-0.4, -0.2) is 24.4 Å². The molecule has 1 fully saturated rings. The van der Waals surface area contributed by atoms with Gasteiger partial charge in [0.05, 0.1) is 5.02 Å². The Morgan fingerprint density at radius 2 is 1.56 bits per heavy atom. The highest BCUT2D eigenvalue weighted by Crippen LogP contribution is 2.26. The van der Waals surface area contributed by atoms with E-state index in [0.717, 1.165) is 24.3 Å². The number of benzene rings is 2. The maximum atomic E-state index is 12.6. The minimum Gasteiger partial charge on any atom is -0.367 e. The first-order valence-corrected chi connectivity index (χ1v) is 12.5. The first kappa shape index (κ1) is 22.4. The third-order valence-electron chi connectivity index (χ3n) is 5.33. The molecule has 2 aromatic carbocycles. The van der Waals surface area contributed by atoms with Crippen molar-refractivity contribution < 1.29 is 8.42 Å². The van der Waals surface area contributed by atoms with E-state index in [0.29, 0.717) is 23.4 Å². The van der Waals surface area contributed by atoms with Gasteiger partial charge in [0, 0.05) is 23.5 Å². The van der Waals surface area contributed by atoms with Crippen LogP contribution in [0.15, 0.2) is 59.5 Å². The molecule has 7 nitrogen and oxygen atoms in total. The van der Waals surface area contributed by atoms with E-state index in [-0.39, 0.29) is 9.92 Å². The lowest BCUT2D eigenvalue weighted by molar-refractivity contribution is 0.462. The highest BCUT2D eigenvalue weighted by atomic mass is 35.5. The number of sulfonamides is 1. The summed E-state index contributed by atoms with van der Waals surface area (Å²) in [6.07, 6.45) is 6.13. The SMILES string of the molecule is Cc1nc(Nc2ccc(NS(=O)(=O)c3ccccc3Cl)cc2)cc(NC2CCCCC2)n1. The van der Waals surface area contributed by atoms with Crippen molar-refractivity contribution in [1.29, 1.82) is 0 Å². The minimum atomic E-state index is -3.77. The van der Waals surface area contributed by atoms with Gasteiger partial charge in [-0.2, -0.15) is 0 Å². The van der Waals surface area contributed by atoms with Gasteiger partial charge in [-0.15, -0.1) is 0 Å². The van der Waals surface area contributed by atoms with Crippen molar-refractivity contribution >= 4 is 44.6 Å². The third kappa shape index (κ3) is 5.69. The molecule has 32 heavy (non-hydrogen) atoms. The van der Waals surface area contributed by atoms with Crippen LogP contribution in [0.5, 0.6) is 0 Å². The summed E-state index contributed by atoms with van der Waals surface area (Å²) in [7, 11) is -3.77. The first-order valence-electron chi connectivity index (χ1n) is 10.7. The number of aryl methyl sites for hydroxylation is 1. The molecule has 1 aliphatic carbocycles. The van der Waals surface area contributed by atoms with Crippen LogP contribution < -0.4 is 15.4 Å². The van der Waals surface area contributed by atoms with E-state index in [4.69, 9.17) is 11.6 Å². The fourth-order valence-corrected chi connectivity index (χ4v) is 5.38. The first-order chi connectivity index (χ1) is 15.4. The Kier molecular flexibility index (Phi) is 6.81. The molecule has 0 saturated heterocycles. The molecule has 0 amide bonds. The zero-order valence-corrected chi connectivity index (χ0v) is 19.4. The normalized spacial score (nSPS) is 14.7. The number of nitrogens with zero attached hydrogens (tertiary/aromatic N) is 2. The second kappa shape index (κ2) is 9.75. The van der Waals surface area contributed by atoms with Crippen LogP contribution in [-0.2, 0) is 10.0 Å². The Labute approximate surface area is 193 Å². The molecule has 4 rings (SSSR count). The number of rotatable bonds is 7. The fourth-order valence-electron chi connectivity index (χ4n) is 3.80. The van der Waals surface area contributed by atoms with Gasteiger partial charge in [-0.05, 0) is 56.2 Å². The summed E-state index contributed by atoms with van der Waals surface area (Å²) in [6.45, 7) is 1.86. The lowest BCUT2D eigenvalue weighted by Crippen LogP contribution is -2.23. The van der Waals surface area contributed by atoms with Crippen LogP contribution in [0.25, 0.3) is 0 Å². The van der Waals surface area contributed by atoms with E-state index in [9.17, 15) is 8.42 Å². The Balaban J connectivity index is 1.44. The molecule has 168 valence electrons. The number of aromatic nitrogens is 2. The Morgan fingerprint density at radius 1 is 0.906 bits per heavy atom. The largest absolute Gasteiger partial charge is 0.367 e. The standard InChI is InChI=1S/C23H26ClN5O2S/c1-16-25-22(27-17-7-3-2-4-8-17)15-23(26-16)28-18-11-13-19(14-12-18)29-32(30,31)21-10-6-5-9-20(21)24/h5-6,9-15,17,29H,2-4,7-8H2,1H3,(H2,25,26,27,28). The predicted octanol–water partition coefficient (Wildman–Crippen LogP) is 5.73. The van der Waals surface area contributed by atoms with Crippen LogP contribution >= 0.6 is 11.6 Å². The van der Waals surface area contributed by atoms with Crippen LogP contribution in [0, 0.1) is 6.92 Å². The molecular formula is C23H26ClN5O2S. The van der Waals surface area contributed by atoms with Crippen molar-refractivity contribution in [3.63, 3.8) is 0 Å². The maximum absolute atomic E-state index is 12.6. The van der Waals surface area contributed by atoms with Crippen molar-refractivity contribution in [3.8, 4) is 0 Å². The van der Waals surface area contributed by atoms with E-state index in [1.165, 1.54) is 25.3 Å². The molecule has 3 aromatic rings. The van der Waals surface area contributed by atoms with Gasteiger partial charge in [-0.25, -0.2) is 18.4 Å².